The van der Waals surface area contributed by atoms with Crippen molar-refractivity contribution in [2.75, 3.05) is 31.1 Å². The van der Waals surface area contributed by atoms with E-state index >= 15 is 0 Å². The highest BCUT2D eigenvalue weighted by Crippen LogP contribution is 2.28. The third kappa shape index (κ3) is 4.80. The zero-order valence-corrected chi connectivity index (χ0v) is 18.3. The summed E-state index contributed by atoms with van der Waals surface area (Å²) in [6, 6.07) is 20.0. The molecule has 2 aromatic heterocycles. The van der Waals surface area contributed by atoms with Crippen molar-refractivity contribution in [1.29, 1.82) is 0 Å². The number of primary amides is 1. The van der Waals surface area contributed by atoms with Crippen molar-refractivity contribution in [2.24, 2.45) is 5.73 Å². The van der Waals surface area contributed by atoms with Crippen LogP contribution in [0.15, 0.2) is 66.9 Å². The lowest BCUT2D eigenvalue weighted by Gasteiger charge is -2.23. The van der Waals surface area contributed by atoms with Crippen molar-refractivity contribution in [3.8, 4) is 17.1 Å². The van der Waals surface area contributed by atoms with Gasteiger partial charge in [0.15, 0.2) is 5.75 Å². The van der Waals surface area contributed by atoms with E-state index in [2.05, 4.69) is 50.1 Å². The van der Waals surface area contributed by atoms with Gasteiger partial charge < -0.3 is 20.4 Å². The van der Waals surface area contributed by atoms with Crippen LogP contribution in [0.2, 0.25) is 0 Å². The summed E-state index contributed by atoms with van der Waals surface area (Å²) in [5, 5.41) is 0. The fourth-order valence-electron chi connectivity index (χ4n) is 4.25. The molecule has 0 spiro atoms. The van der Waals surface area contributed by atoms with Crippen LogP contribution in [0, 0.1) is 0 Å². The second-order valence-electron chi connectivity index (χ2n) is 8.17. The predicted octanol–water partition coefficient (Wildman–Crippen LogP) is 3.79. The summed E-state index contributed by atoms with van der Waals surface area (Å²) in [6.45, 7) is 4.99. The Balaban J connectivity index is 1.28. The van der Waals surface area contributed by atoms with E-state index < -0.39 is 6.09 Å². The molecule has 33 heavy (non-hydrogen) atoms. The van der Waals surface area contributed by atoms with Crippen molar-refractivity contribution >= 4 is 22.9 Å². The highest BCUT2D eigenvalue weighted by molar-refractivity contribution is 5.87. The number of hydrogen-bond donors (Lipinski definition) is 2. The zero-order chi connectivity index (χ0) is 22.6. The molecule has 0 saturated carbocycles. The molecule has 4 aromatic rings. The van der Waals surface area contributed by atoms with Gasteiger partial charge in [-0.25, -0.2) is 14.8 Å². The van der Waals surface area contributed by atoms with Gasteiger partial charge in [-0.3, -0.25) is 4.90 Å². The molecule has 0 atom stereocenters. The van der Waals surface area contributed by atoms with Crippen LogP contribution in [0.5, 0.6) is 5.75 Å². The van der Waals surface area contributed by atoms with E-state index in [-0.39, 0.29) is 0 Å². The van der Waals surface area contributed by atoms with Crippen molar-refractivity contribution in [3.05, 3.63) is 72.4 Å². The van der Waals surface area contributed by atoms with Gasteiger partial charge in [-0.15, -0.1) is 0 Å². The highest BCUT2D eigenvalue weighted by Gasteiger charge is 2.17. The van der Waals surface area contributed by atoms with Gasteiger partial charge in [0.2, 0.25) is 0 Å². The van der Waals surface area contributed by atoms with E-state index in [0.29, 0.717) is 17.1 Å². The van der Waals surface area contributed by atoms with Crippen LogP contribution in [0.25, 0.3) is 22.4 Å². The first-order valence-corrected chi connectivity index (χ1v) is 11.1. The molecular weight excluding hydrogens is 416 g/mol. The molecule has 1 aliphatic rings. The second-order valence-corrected chi connectivity index (χ2v) is 8.17. The van der Waals surface area contributed by atoms with Crippen LogP contribution in [-0.2, 0) is 6.54 Å². The maximum Gasteiger partial charge on any atom is 0.410 e. The van der Waals surface area contributed by atoms with Crippen LogP contribution in [0.3, 0.4) is 0 Å². The first-order valence-electron chi connectivity index (χ1n) is 11.1. The van der Waals surface area contributed by atoms with Crippen molar-refractivity contribution in [1.82, 2.24) is 19.9 Å². The Labute approximate surface area is 192 Å². The number of nitrogens with zero attached hydrogens (tertiary/aromatic N) is 4. The molecule has 0 aliphatic carbocycles. The average Bonchev–Trinajstić information content (AvgIpc) is 3.14. The van der Waals surface area contributed by atoms with Crippen LogP contribution in [0.1, 0.15) is 12.0 Å². The zero-order valence-electron chi connectivity index (χ0n) is 18.3. The van der Waals surface area contributed by atoms with Crippen LogP contribution < -0.4 is 15.4 Å². The molecular formula is C25H26N6O2. The number of carbonyl (C=O) groups excluding carboxylic acids is 1. The number of fused-ring (bicyclic) bond motifs is 1. The Kier molecular flexibility index (Phi) is 5.91. The van der Waals surface area contributed by atoms with Crippen LogP contribution >= 0.6 is 0 Å². The molecule has 3 N–H and O–H groups in total. The molecule has 168 valence electrons. The summed E-state index contributed by atoms with van der Waals surface area (Å²) in [5.41, 5.74) is 8.69. The van der Waals surface area contributed by atoms with Crippen LogP contribution in [-0.4, -0.2) is 52.1 Å². The molecule has 0 radical (unpaired) electrons. The number of nitrogens with two attached hydrogens (primary N) is 1. The maximum atomic E-state index is 11.2. The molecule has 8 nitrogen and oxygen atoms in total. The summed E-state index contributed by atoms with van der Waals surface area (Å²) >= 11 is 0. The minimum Gasteiger partial charge on any atom is -0.408 e. The lowest BCUT2D eigenvalue weighted by molar-refractivity contribution is 0.211. The van der Waals surface area contributed by atoms with E-state index in [1.165, 1.54) is 5.56 Å². The quantitative estimate of drug-likeness (QED) is 0.488. The number of rotatable bonds is 5. The second kappa shape index (κ2) is 9.30. The fraction of sp³-hybridized carbons (Fsp3) is 0.240. The third-order valence-electron chi connectivity index (χ3n) is 5.87. The number of aromatic nitrogens is 3. The molecule has 0 bridgehead atoms. The molecule has 2 aromatic carbocycles. The first-order chi connectivity index (χ1) is 16.2. The number of carbonyl (C=O) groups is 1. The van der Waals surface area contributed by atoms with Gasteiger partial charge in [0, 0.05) is 44.5 Å². The molecule has 8 heteroatoms. The van der Waals surface area contributed by atoms with Crippen molar-refractivity contribution in [3.63, 3.8) is 0 Å². The number of pyridine rings is 1. The minimum absolute atomic E-state index is 0.330. The number of amides is 1. The van der Waals surface area contributed by atoms with E-state index in [4.69, 9.17) is 15.5 Å². The Morgan fingerprint density at radius 1 is 1.00 bits per heavy atom. The molecule has 1 saturated heterocycles. The van der Waals surface area contributed by atoms with Gasteiger partial charge in [0.05, 0.1) is 5.52 Å². The number of imidazole rings is 1. The summed E-state index contributed by atoms with van der Waals surface area (Å²) < 4.78 is 5.06. The summed E-state index contributed by atoms with van der Waals surface area (Å²) in [4.78, 5) is 28.6. The summed E-state index contributed by atoms with van der Waals surface area (Å²) in [7, 11) is 0. The lowest BCUT2D eigenvalue weighted by Crippen LogP contribution is -2.30. The fourth-order valence-corrected chi connectivity index (χ4v) is 4.25. The average molecular weight is 443 g/mol. The smallest absolute Gasteiger partial charge is 0.408 e. The molecule has 1 amide bonds. The number of hydrogen-bond acceptors (Lipinski definition) is 6. The van der Waals surface area contributed by atoms with Gasteiger partial charge >= 0.3 is 6.09 Å². The monoisotopic (exact) mass is 442 g/mol. The van der Waals surface area contributed by atoms with E-state index in [0.717, 1.165) is 56.0 Å². The van der Waals surface area contributed by atoms with Gasteiger partial charge in [0.25, 0.3) is 0 Å². The Hall–Kier alpha value is -3.91. The standard InChI is InChI=1S/C25H26N6O2/c26-25(32)33-21-9-4-8-20-23(21)29-24(28-20)19-10-11-22(27-16-19)31-13-5-12-30(14-15-31)17-18-6-2-1-3-7-18/h1-4,6-11,16H,5,12-15,17H2,(H2,26,32)(H,28,29). The lowest BCUT2D eigenvalue weighted by atomic mass is 10.2. The highest BCUT2D eigenvalue weighted by atomic mass is 16.5. The maximum absolute atomic E-state index is 11.2. The number of aromatic amines is 1. The van der Waals surface area contributed by atoms with Crippen molar-refractivity contribution in [2.45, 2.75) is 13.0 Å². The van der Waals surface area contributed by atoms with E-state index in [1.807, 2.05) is 24.4 Å². The topological polar surface area (TPSA) is 100 Å². The van der Waals surface area contributed by atoms with Gasteiger partial charge in [-0.05, 0) is 36.2 Å². The molecule has 1 fully saturated rings. The molecule has 1 aliphatic heterocycles. The number of ether oxygens (including phenoxy) is 1. The first kappa shape index (κ1) is 21.0. The number of para-hydroxylation sites is 1. The largest absolute Gasteiger partial charge is 0.410 e. The third-order valence-corrected chi connectivity index (χ3v) is 5.87. The Bertz CT molecular complexity index is 1240. The predicted molar refractivity (Wildman–Crippen MR) is 128 cm³/mol. The Morgan fingerprint density at radius 2 is 1.88 bits per heavy atom. The Morgan fingerprint density at radius 3 is 2.67 bits per heavy atom. The van der Waals surface area contributed by atoms with E-state index in [1.54, 1.807) is 12.1 Å². The van der Waals surface area contributed by atoms with Gasteiger partial charge in [0.1, 0.15) is 17.2 Å². The number of benzene rings is 2. The normalized spacial score (nSPS) is 14.8. The minimum atomic E-state index is -0.863. The van der Waals surface area contributed by atoms with Gasteiger partial charge in [-0.2, -0.15) is 0 Å². The van der Waals surface area contributed by atoms with Gasteiger partial charge in [-0.1, -0.05) is 36.4 Å². The molecule has 5 rings (SSSR count). The molecule has 3 heterocycles. The SMILES string of the molecule is NC(=O)Oc1cccc2[nH]c(-c3ccc(N4CCCN(Cc5ccccc5)CC4)nc3)nc12. The molecule has 0 unspecified atom stereocenters. The number of H-pyrrole nitrogens is 1. The number of nitrogens with one attached hydrogen (secondary N) is 1. The van der Waals surface area contributed by atoms with Crippen LogP contribution in [0.4, 0.5) is 10.6 Å². The number of anilines is 1. The van der Waals surface area contributed by atoms with Crippen molar-refractivity contribution < 1.29 is 9.53 Å². The van der Waals surface area contributed by atoms with E-state index in [9.17, 15) is 4.79 Å². The summed E-state index contributed by atoms with van der Waals surface area (Å²) in [5.74, 6) is 1.96. The summed E-state index contributed by atoms with van der Waals surface area (Å²) in [6.07, 6.45) is 2.06.